The van der Waals surface area contributed by atoms with Gasteiger partial charge in [-0.2, -0.15) is 5.10 Å². The minimum absolute atomic E-state index is 0.0676. The van der Waals surface area contributed by atoms with Crippen LogP contribution in [0.3, 0.4) is 0 Å². The van der Waals surface area contributed by atoms with E-state index in [9.17, 15) is 9.59 Å². The molecule has 2 amide bonds. The number of aromatic nitrogens is 3. The number of fused-ring (bicyclic) bond motifs is 1. The maximum absolute atomic E-state index is 12.1. The first kappa shape index (κ1) is 23.0. The van der Waals surface area contributed by atoms with Crippen molar-refractivity contribution in [1.82, 2.24) is 19.9 Å². The van der Waals surface area contributed by atoms with Gasteiger partial charge >= 0.3 is 0 Å². The number of anilines is 1. The van der Waals surface area contributed by atoms with Crippen molar-refractivity contribution >= 4 is 23.0 Å². The number of amides is 2. The molecule has 0 bridgehead atoms. The van der Waals surface area contributed by atoms with E-state index in [-0.39, 0.29) is 29.5 Å². The van der Waals surface area contributed by atoms with Crippen LogP contribution in [0.1, 0.15) is 31.1 Å². The summed E-state index contributed by atoms with van der Waals surface area (Å²) in [6.07, 6.45) is 5.01. The Hall–Kier alpha value is -3.66. The molecule has 0 radical (unpaired) electrons. The van der Waals surface area contributed by atoms with Gasteiger partial charge in [0.25, 0.3) is 5.91 Å². The van der Waals surface area contributed by atoms with Gasteiger partial charge in [-0.15, -0.1) is 0 Å². The van der Waals surface area contributed by atoms with E-state index in [1.807, 2.05) is 39.1 Å². The number of nitrogens with two attached hydrogens (primary N) is 2. The van der Waals surface area contributed by atoms with E-state index in [0.29, 0.717) is 23.6 Å². The molecule has 3 heterocycles. The zero-order valence-corrected chi connectivity index (χ0v) is 18.7. The first-order valence-corrected chi connectivity index (χ1v) is 10.2. The molecule has 170 valence electrons. The van der Waals surface area contributed by atoms with Crippen molar-refractivity contribution in [2.75, 3.05) is 25.5 Å². The van der Waals surface area contributed by atoms with Crippen LogP contribution in [0.25, 0.3) is 16.6 Å². The van der Waals surface area contributed by atoms with Crippen molar-refractivity contribution in [2.45, 2.75) is 26.8 Å². The Labute approximate surface area is 186 Å². The average Bonchev–Trinajstić information content (AvgIpc) is 3.22. The fourth-order valence-electron chi connectivity index (χ4n) is 3.19. The molecular weight excluding hydrogens is 410 g/mol. The van der Waals surface area contributed by atoms with Crippen molar-refractivity contribution in [1.29, 1.82) is 0 Å². The monoisotopic (exact) mass is 439 g/mol. The van der Waals surface area contributed by atoms with Crippen LogP contribution in [0.5, 0.6) is 5.88 Å². The molecule has 3 aromatic heterocycles. The van der Waals surface area contributed by atoms with Gasteiger partial charge in [0.15, 0.2) is 0 Å². The Balaban J connectivity index is 1.98. The molecule has 0 unspecified atom stereocenters. The number of hydrogen-bond acceptors (Lipinski definition) is 7. The molecule has 10 heteroatoms. The van der Waals surface area contributed by atoms with E-state index in [2.05, 4.69) is 20.7 Å². The number of rotatable bonds is 9. The summed E-state index contributed by atoms with van der Waals surface area (Å²) < 4.78 is 6.80. The molecule has 10 nitrogen and oxygen atoms in total. The number of carbonyl (C=O) groups is 2. The van der Waals surface area contributed by atoms with Gasteiger partial charge in [0.1, 0.15) is 0 Å². The summed E-state index contributed by atoms with van der Waals surface area (Å²) >= 11 is 0. The molecule has 0 saturated carbocycles. The highest BCUT2D eigenvalue weighted by Gasteiger charge is 2.28. The summed E-state index contributed by atoms with van der Waals surface area (Å²) in [4.78, 5) is 28.0. The van der Waals surface area contributed by atoms with Crippen LogP contribution in [0.4, 0.5) is 5.69 Å². The second-order valence-electron chi connectivity index (χ2n) is 8.28. The van der Waals surface area contributed by atoms with Crippen LogP contribution in [0, 0.1) is 5.41 Å². The highest BCUT2D eigenvalue weighted by molar-refractivity contribution is 6.02. The molecule has 0 aliphatic carbocycles. The zero-order chi connectivity index (χ0) is 23.5. The van der Waals surface area contributed by atoms with Crippen molar-refractivity contribution in [3.05, 3.63) is 42.4 Å². The van der Waals surface area contributed by atoms with Gasteiger partial charge in [0.05, 0.1) is 36.6 Å². The highest BCUT2D eigenvalue weighted by Crippen LogP contribution is 2.31. The van der Waals surface area contributed by atoms with Crippen molar-refractivity contribution in [3.63, 3.8) is 0 Å². The van der Waals surface area contributed by atoms with Crippen LogP contribution >= 0.6 is 0 Å². The Morgan fingerprint density at radius 3 is 2.59 bits per heavy atom. The first-order chi connectivity index (χ1) is 15.2. The molecule has 0 spiro atoms. The lowest BCUT2D eigenvalue weighted by Gasteiger charge is -2.33. The summed E-state index contributed by atoms with van der Waals surface area (Å²) in [5.41, 5.74) is 14.0. The molecule has 6 N–H and O–H groups in total. The number of methoxy groups -OCH3 is 1. The van der Waals surface area contributed by atoms with E-state index in [4.69, 9.17) is 16.2 Å². The molecule has 32 heavy (non-hydrogen) atoms. The van der Waals surface area contributed by atoms with Crippen molar-refractivity contribution < 1.29 is 14.3 Å². The van der Waals surface area contributed by atoms with Crippen LogP contribution in [0.2, 0.25) is 0 Å². The summed E-state index contributed by atoms with van der Waals surface area (Å²) in [6.45, 7) is 6.34. The molecule has 3 rings (SSSR count). The Morgan fingerprint density at radius 2 is 2.00 bits per heavy atom. The number of carbonyl (C=O) groups excluding carboxylic acids is 2. The minimum Gasteiger partial charge on any atom is -0.481 e. The number of nitrogens with zero attached hydrogens (tertiary/aromatic N) is 3. The summed E-state index contributed by atoms with van der Waals surface area (Å²) in [5.74, 6) is -0.289. The number of primary amides is 1. The zero-order valence-electron chi connectivity index (χ0n) is 18.7. The predicted molar refractivity (Wildman–Crippen MR) is 122 cm³/mol. The molecular formula is C22H29N7O3. The largest absolute Gasteiger partial charge is 0.481 e. The number of ether oxygens (including phenoxy) is 1. The maximum atomic E-state index is 12.1. The second kappa shape index (κ2) is 9.23. The molecule has 0 aliphatic heterocycles. The molecule has 3 aromatic rings. The second-order valence-corrected chi connectivity index (χ2v) is 8.28. The standard InChI is InChI=1S/C22H29N7O3/c1-13(22(2,3)12-26-18(30)8-23)28-20-16(21(24)31)10-27-29-11-15(7-17(20)29)14-5-6-19(32-4)25-9-14/h5-7,9-11,13,28H,8,12,23H2,1-4H3,(H2,24,31)(H,26,30)/t13-/m1/s1. The first-order valence-electron chi connectivity index (χ1n) is 10.2. The third-order valence-corrected chi connectivity index (χ3v) is 5.64. The Morgan fingerprint density at radius 1 is 1.25 bits per heavy atom. The Bertz CT molecular complexity index is 1120. The van der Waals surface area contributed by atoms with E-state index >= 15 is 0 Å². The van der Waals surface area contributed by atoms with Gasteiger partial charge in [-0.05, 0) is 19.1 Å². The van der Waals surface area contributed by atoms with Crippen molar-refractivity contribution in [3.8, 4) is 17.0 Å². The molecule has 0 aliphatic rings. The Kier molecular flexibility index (Phi) is 6.64. The van der Waals surface area contributed by atoms with E-state index in [1.54, 1.807) is 23.9 Å². The van der Waals surface area contributed by atoms with E-state index in [1.165, 1.54) is 6.20 Å². The van der Waals surface area contributed by atoms with E-state index < -0.39 is 5.91 Å². The quantitative estimate of drug-likeness (QED) is 0.394. The van der Waals surface area contributed by atoms with Gasteiger partial charge in [0, 0.05) is 47.6 Å². The number of pyridine rings is 1. The van der Waals surface area contributed by atoms with E-state index in [0.717, 1.165) is 11.1 Å². The third kappa shape index (κ3) is 4.80. The highest BCUT2D eigenvalue weighted by atomic mass is 16.5. The van der Waals surface area contributed by atoms with Gasteiger partial charge < -0.3 is 26.8 Å². The van der Waals surface area contributed by atoms with Gasteiger partial charge in [0.2, 0.25) is 11.8 Å². The van der Waals surface area contributed by atoms with Crippen LogP contribution < -0.4 is 26.8 Å². The molecule has 1 atom stereocenters. The lowest BCUT2D eigenvalue weighted by atomic mass is 9.85. The fraction of sp³-hybridized carbons (Fsp3) is 0.364. The molecule has 0 fully saturated rings. The SMILES string of the molecule is COc1ccc(-c2cc3c(N[C@H](C)C(C)(C)CNC(=O)CN)c(C(N)=O)cnn3c2)cn1. The summed E-state index contributed by atoms with van der Waals surface area (Å²) in [7, 11) is 1.56. The summed E-state index contributed by atoms with van der Waals surface area (Å²) in [6, 6.07) is 5.46. The molecule has 0 aromatic carbocycles. The smallest absolute Gasteiger partial charge is 0.252 e. The van der Waals surface area contributed by atoms with Gasteiger partial charge in [-0.3, -0.25) is 9.59 Å². The maximum Gasteiger partial charge on any atom is 0.252 e. The molecule has 0 saturated heterocycles. The third-order valence-electron chi connectivity index (χ3n) is 5.64. The normalized spacial score (nSPS) is 12.4. The minimum atomic E-state index is -0.585. The topological polar surface area (TPSA) is 150 Å². The predicted octanol–water partition coefficient (Wildman–Crippen LogP) is 1.41. The lowest BCUT2D eigenvalue weighted by Crippen LogP contribution is -2.45. The van der Waals surface area contributed by atoms with Gasteiger partial charge in [-0.1, -0.05) is 13.8 Å². The van der Waals surface area contributed by atoms with Crippen LogP contribution in [0.15, 0.2) is 36.8 Å². The lowest BCUT2D eigenvalue weighted by molar-refractivity contribution is -0.120. The number of hydrogen-bond donors (Lipinski definition) is 4. The van der Waals surface area contributed by atoms with Crippen LogP contribution in [-0.2, 0) is 4.79 Å². The average molecular weight is 440 g/mol. The number of nitrogens with one attached hydrogen (secondary N) is 2. The van der Waals surface area contributed by atoms with Crippen LogP contribution in [-0.4, -0.2) is 52.7 Å². The van der Waals surface area contributed by atoms with Crippen molar-refractivity contribution in [2.24, 2.45) is 16.9 Å². The van der Waals surface area contributed by atoms with Gasteiger partial charge in [-0.25, -0.2) is 9.50 Å². The summed E-state index contributed by atoms with van der Waals surface area (Å²) in [5, 5.41) is 10.6. The fourth-order valence-corrected chi connectivity index (χ4v) is 3.19.